The Labute approximate surface area is 82.6 Å². The fourth-order valence-corrected chi connectivity index (χ4v) is 1.27. The molecule has 0 unspecified atom stereocenters. The molecule has 0 fully saturated rings. The zero-order valence-electron chi connectivity index (χ0n) is 8.23. The zero-order valence-corrected chi connectivity index (χ0v) is 8.23. The van der Waals surface area contributed by atoms with Crippen LogP contribution in [0.15, 0.2) is 30.5 Å². The number of aryl methyl sites for hydroxylation is 1. The molecule has 0 atom stereocenters. The van der Waals surface area contributed by atoms with E-state index < -0.39 is 0 Å². The molecule has 0 spiro atoms. The van der Waals surface area contributed by atoms with Gasteiger partial charge in [0, 0.05) is 20.3 Å². The largest absolute Gasteiger partial charge is 0.373 e. The molecular weight excluding hydrogens is 176 g/mol. The van der Waals surface area contributed by atoms with E-state index in [1.54, 1.807) is 4.68 Å². The fraction of sp³-hybridized carbons (Fsp3) is 0.200. The van der Waals surface area contributed by atoms with Crippen LogP contribution in [0.3, 0.4) is 0 Å². The topological polar surface area (TPSA) is 42.7 Å². The minimum absolute atomic E-state index is 0.855. The average Bonchev–Trinajstić information content (AvgIpc) is 2.65. The van der Waals surface area contributed by atoms with Gasteiger partial charge in [0.25, 0.3) is 0 Å². The second-order valence-electron chi connectivity index (χ2n) is 3.03. The highest BCUT2D eigenvalue weighted by Crippen LogP contribution is 2.15. The maximum Gasteiger partial charge on any atom is 0.126 e. The van der Waals surface area contributed by atoms with Crippen molar-refractivity contribution in [1.29, 1.82) is 0 Å². The van der Waals surface area contributed by atoms with Crippen molar-refractivity contribution < 1.29 is 0 Å². The molecule has 0 bridgehead atoms. The van der Waals surface area contributed by atoms with Crippen LogP contribution in [0.4, 0.5) is 5.82 Å². The van der Waals surface area contributed by atoms with Gasteiger partial charge in [-0.05, 0) is 18.2 Å². The monoisotopic (exact) mass is 188 g/mol. The van der Waals surface area contributed by atoms with Crippen molar-refractivity contribution in [3.8, 4) is 11.4 Å². The van der Waals surface area contributed by atoms with E-state index in [-0.39, 0.29) is 0 Å². The highest BCUT2D eigenvalue weighted by atomic mass is 15.2. The van der Waals surface area contributed by atoms with Gasteiger partial charge in [-0.15, -0.1) is 0 Å². The molecule has 72 valence electrons. The predicted molar refractivity (Wildman–Crippen MR) is 56.0 cm³/mol. The van der Waals surface area contributed by atoms with Crippen LogP contribution in [-0.2, 0) is 7.05 Å². The van der Waals surface area contributed by atoms with Gasteiger partial charge in [-0.25, -0.2) is 4.98 Å². The number of nitrogens with one attached hydrogen (secondary N) is 1. The maximum absolute atomic E-state index is 4.39. The Morgan fingerprint density at radius 1 is 1.21 bits per heavy atom. The van der Waals surface area contributed by atoms with Gasteiger partial charge >= 0.3 is 0 Å². The standard InChI is InChI=1S/C10H12N4/c1-11-10-5-3-4-8(12-10)9-6-7-14(2)13-9/h3-7H,1-2H3,(H,11,12). The Balaban J connectivity index is 2.41. The first kappa shape index (κ1) is 8.74. The molecule has 0 aromatic carbocycles. The molecule has 2 aromatic rings. The van der Waals surface area contributed by atoms with E-state index in [1.165, 1.54) is 0 Å². The lowest BCUT2D eigenvalue weighted by molar-refractivity contribution is 0.770. The lowest BCUT2D eigenvalue weighted by Crippen LogP contribution is -1.94. The number of hydrogen-bond acceptors (Lipinski definition) is 3. The van der Waals surface area contributed by atoms with E-state index in [0.717, 1.165) is 17.2 Å². The summed E-state index contributed by atoms with van der Waals surface area (Å²) in [6.45, 7) is 0. The minimum atomic E-state index is 0.855. The van der Waals surface area contributed by atoms with E-state index in [2.05, 4.69) is 15.4 Å². The van der Waals surface area contributed by atoms with E-state index >= 15 is 0 Å². The first-order valence-electron chi connectivity index (χ1n) is 4.44. The van der Waals surface area contributed by atoms with Gasteiger partial charge in [0.1, 0.15) is 11.5 Å². The van der Waals surface area contributed by atoms with Crippen molar-refractivity contribution in [3.05, 3.63) is 30.5 Å². The molecule has 0 radical (unpaired) electrons. The van der Waals surface area contributed by atoms with Crippen molar-refractivity contribution in [2.45, 2.75) is 0 Å². The molecule has 4 heteroatoms. The Morgan fingerprint density at radius 2 is 2.07 bits per heavy atom. The van der Waals surface area contributed by atoms with Crippen LogP contribution in [0.1, 0.15) is 0 Å². The van der Waals surface area contributed by atoms with Crippen LogP contribution >= 0.6 is 0 Å². The molecule has 2 rings (SSSR count). The molecule has 2 aromatic heterocycles. The number of anilines is 1. The second kappa shape index (κ2) is 3.49. The van der Waals surface area contributed by atoms with Crippen LogP contribution in [0.5, 0.6) is 0 Å². The third-order valence-corrected chi connectivity index (χ3v) is 1.98. The first-order chi connectivity index (χ1) is 6.79. The summed E-state index contributed by atoms with van der Waals surface area (Å²) < 4.78 is 1.77. The highest BCUT2D eigenvalue weighted by molar-refractivity contribution is 5.56. The number of pyridine rings is 1. The average molecular weight is 188 g/mol. The normalized spacial score (nSPS) is 10.1. The molecule has 0 aliphatic carbocycles. The highest BCUT2D eigenvalue weighted by Gasteiger charge is 2.02. The van der Waals surface area contributed by atoms with Gasteiger partial charge in [-0.2, -0.15) is 5.10 Å². The lowest BCUT2D eigenvalue weighted by atomic mass is 10.3. The molecule has 4 nitrogen and oxygen atoms in total. The maximum atomic E-state index is 4.39. The van der Waals surface area contributed by atoms with Gasteiger partial charge in [-0.3, -0.25) is 4.68 Å². The van der Waals surface area contributed by atoms with E-state index in [0.29, 0.717) is 0 Å². The third kappa shape index (κ3) is 1.59. The Morgan fingerprint density at radius 3 is 2.71 bits per heavy atom. The van der Waals surface area contributed by atoms with Crippen molar-refractivity contribution in [2.75, 3.05) is 12.4 Å². The minimum Gasteiger partial charge on any atom is -0.373 e. The molecule has 0 aliphatic rings. The van der Waals surface area contributed by atoms with Gasteiger partial charge in [0.05, 0.1) is 5.69 Å². The van der Waals surface area contributed by atoms with Crippen molar-refractivity contribution >= 4 is 5.82 Å². The summed E-state index contributed by atoms with van der Waals surface area (Å²) in [5.41, 5.74) is 1.78. The fourth-order valence-electron chi connectivity index (χ4n) is 1.27. The molecule has 1 N–H and O–H groups in total. The summed E-state index contributed by atoms with van der Waals surface area (Å²) in [5.74, 6) is 0.855. The third-order valence-electron chi connectivity index (χ3n) is 1.98. The first-order valence-corrected chi connectivity index (χ1v) is 4.44. The summed E-state index contributed by atoms with van der Waals surface area (Å²) in [5, 5.41) is 7.28. The van der Waals surface area contributed by atoms with Crippen LogP contribution in [0.2, 0.25) is 0 Å². The molecule has 0 saturated heterocycles. The second-order valence-corrected chi connectivity index (χ2v) is 3.03. The number of hydrogen-bond donors (Lipinski definition) is 1. The Hall–Kier alpha value is -1.84. The smallest absolute Gasteiger partial charge is 0.126 e. The number of rotatable bonds is 2. The van der Waals surface area contributed by atoms with E-state index in [1.807, 2.05) is 44.6 Å². The quantitative estimate of drug-likeness (QED) is 0.777. The van der Waals surface area contributed by atoms with Crippen LogP contribution in [0, 0.1) is 0 Å². The molecule has 2 heterocycles. The SMILES string of the molecule is CNc1cccc(-c2ccn(C)n2)n1. The lowest BCUT2D eigenvalue weighted by Gasteiger charge is -2.00. The van der Waals surface area contributed by atoms with Crippen molar-refractivity contribution in [2.24, 2.45) is 7.05 Å². The van der Waals surface area contributed by atoms with Crippen LogP contribution < -0.4 is 5.32 Å². The van der Waals surface area contributed by atoms with Gasteiger partial charge in [0.15, 0.2) is 0 Å². The summed E-state index contributed by atoms with van der Waals surface area (Å²) in [4.78, 5) is 4.39. The van der Waals surface area contributed by atoms with Gasteiger partial charge < -0.3 is 5.32 Å². The molecular formula is C10H12N4. The summed E-state index contributed by atoms with van der Waals surface area (Å²) in [6.07, 6.45) is 1.91. The molecule has 14 heavy (non-hydrogen) atoms. The summed E-state index contributed by atoms with van der Waals surface area (Å²) >= 11 is 0. The Kier molecular flexibility index (Phi) is 2.18. The summed E-state index contributed by atoms with van der Waals surface area (Å²) in [7, 11) is 3.75. The van der Waals surface area contributed by atoms with Crippen molar-refractivity contribution in [3.63, 3.8) is 0 Å². The Bertz CT molecular complexity index is 433. The van der Waals surface area contributed by atoms with Gasteiger partial charge in [0.2, 0.25) is 0 Å². The zero-order chi connectivity index (χ0) is 9.97. The molecule has 0 aliphatic heterocycles. The van der Waals surface area contributed by atoms with Crippen molar-refractivity contribution in [1.82, 2.24) is 14.8 Å². The van der Waals surface area contributed by atoms with Crippen LogP contribution in [-0.4, -0.2) is 21.8 Å². The number of nitrogens with zero attached hydrogens (tertiary/aromatic N) is 3. The molecule has 0 amide bonds. The van der Waals surface area contributed by atoms with Gasteiger partial charge in [-0.1, -0.05) is 6.07 Å². The van der Waals surface area contributed by atoms with E-state index in [9.17, 15) is 0 Å². The summed E-state index contributed by atoms with van der Waals surface area (Å²) in [6, 6.07) is 7.78. The molecule has 0 saturated carbocycles. The van der Waals surface area contributed by atoms with E-state index in [4.69, 9.17) is 0 Å². The number of aromatic nitrogens is 3. The predicted octanol–water partition coefficient (Wildman–Crippen LogP) is 1.52. The van der Waals surface area contributed by atoms with Crippen LogP contribution in [0.25, 0.3) is 11.4 Å².